The molecule has 1 saturated carbocycles. The van der Waals surface area contributed by atoms with Crippen LogP contribution in [0.25, 0.3) is 0 Å². The second-order valence-corrected chi connectivity index (χ2v) is 4.85. The molecule has 0 heterocycles. The summed E-state index contributed by atoms with van der Waals surface area (Å²) in [6.07, 6.45) is 2.73. The Balaban J connectivity index is 1.92. The number of hydrogen-bond acceptors (Lipinski definition) is 1. The fourth-order valence-corrected chi connectivity index (χ4v) is 2.13. The van der Waals surface area contributed by atoms with Crippen LogP contribution < -0.4 is 11.1 Å². The number of benzene rings is 1. The maximum Gasteiger partial charge on any atom is 0.188 e. The lowest BCUT2D eigenvalue weighted by Gasteiger charge is -2.06. The summed E-state index contributed by atoms with van der Waals surface area (Å²) in [5, 5.41) is 3.01. The lowest BCUT2D eigenvalue weighted by Crippen LogP contribution is -2.34. The molecule has 1 fully saturated rings. The quantitative estimate of drug-likeness (QED) is 0.489. The van der Waals surface area contributed by atoms with Gasteiger partial charge in [0, 0.05) is 24.1 Å². The Morgan fingerprint density at radius 3 is 2.74 bits per heavy atom. The third kappa shape index (κ3) is 3.43. The Morgan fingerprint density at radius 2 is 2.11 bits per heavy atom. The van der Waals surface area contributed by atoms with Crippen LogP contribution in [-0.4, -0.2) is 18.5 Å². The Kier molecular flexibility index (Phi) is 4.35. The van der Waals surface area contributed by atoms with Crippen LogP contribution in [0.5, 0.6) is 0 Å². The number of hydrogen-bond donors (Lipinski definition) is 2. The SMILES string of the molecule is CCCCN=C(N)NC1CC1c1c(F)cccc1F. The van der Waals surface area contributed by atoms with Gasteiger partial charge in [0.1, 0.15) is 11.6 Å². The number of aliphatic imine (C=N–C) groups is 1. The predicted molar refractivity (Wildman–Crippen MR) is 72.0 cm³/mol. The van der Waals surface area contributed by atoms with Gasteiger partial charge in [0.15, 0.2) is 5.96 Å². The number of nitrogens with zero attached hydrogens (tertiary/aromatic N) is 1. The first-order valence-corrected chi connectivity index (χ1v) is 6.63. The fourth-order valence-electron chi connectivity index (χ4n) is 2.13. The van der Waals surface area contributed by atoms with Crippen LogP contribution in [0.1, 0.15) is 37.7 Å². The van der Waals surface area contributed by atoms with Gasteiger partial charge in [0.05, 0.1) is 0 Å². The van der Waals surface area contributed by atoms with Crippen LogP contribution in [0.15, 0.2) is 23.2 Å². The van der Waals surface area contributed by atoms with Crippen molar-refractivity contribution in [2.24, 2.45) is 10.7 Å². The summed E-state index contributed by atoms with van der Waals surface area (Å²) in [6.45, 7) is 2.76. The van der Waals surface area contributed by atoms with E-state index >= 15 is 0 Å². The molecule has 0 radical (unpaired) electrons. The maximum atomic E-state index is 13.6. The predicted octanol–water partition coefficient (Wildman–Crippen LogP) is 2.53. The van der Waals surface area contributed by atoms with E-state index < -0.39 is 11.6 Å². The lowest BCUT2D eigenvalue weighted by atomic mass is 10.1. The minimum absolute atomic E-state index is 0.0169. The summed E-state index contributed by atoms with van der Waals surface area (Å²) in [5.41, 5.74) is 5.88. The monoisotopic (exact) mass is 267 g/mol. The average Bonchev–Trinajstić information content (AvgIpc) is 3.08. The molecule has 5 heteroatoms. The highest BCUT2D eigenvalue weighted by atomic mass is 19.1. The van der Waals surface area contributed by atoms with Gasteiger partial charge in [-0.1, -0.05) is 19.4 Å². The third-order valence-corrected chi connectivity index (χ3v) is 3.29. The van der Waals surface area contributed by atoms with Crippen molar-refractivity contribution < 1.29 is 8.78 Å². The maximum absolute atomic E-state index is 13.6. The zero-order chi connectivity index (χ0) is 13.8. The van der Waals surface area contributed by atoms with E-state index in [1.165, 1.54) is 18.2 Å². The van der Waals surface area contributed by atoms with Crippen LogP contribution in [-0.2, 0) is 0 Å². The van der Waals surface area contributed by atoms with E-state index in [0.717, 1.165) is 12.8 Å². The van der Waals surface area contributed by atoms with Gasteiger partial charge in [-0.25, -0.2) is 8.78 Å². The number of nitrogens with two attached hydrogens (primary N) is 1. The van der Waals surface area contributed by atoms with E-state index in [4.69, 9.17) is 5.73 Å². The fraction of sp³-hybridized carbons (Fsp3) is 0.500. The lowest BCUT2D eigenvalue weighted by molar-refractivity contribution is 0.553. The van der Waals surface area contributed by atoms with E-state index in [2.05, 4.69) is 17.2 Å². The second-order valence-electron chi connectivity index (χ2n) is 4.85. The van der Waals surface area contributed by atoms with Gasteiger partial charge in [-0.3, -0.25) is 4.99 Å². The van der Waals surface area contributed by atoms with Gasteiger partial charge in [-0.15, -0.1) is 0 Å². The first-order valence-electron chi connectivity index (χ1n) is 6.63. The summed E-state index contributed by atoms with van der Waals surface area (Å²) in [4.78, 5) is 4.16. The van der Waals surface area contributed by atoms with Gasteiger partial charge in [0.2, 0.25) is 0 Å². The first kappa shape index (κ1) is 13.8. The van der Waals surface area contributed by atoms with Gasteiger partial charge in [-0.05, 0) is 25.0 Å². The van der Waals surface area contributed by atoms with Crippen LogP contribution >= 0.6 is 0 Å². The van der Waals surface area contributed by atoms with Gasteiger partial charge < -0.3 is 11.1 Å². The van der Waals surface area contributed by atoms with Crippen molar-refractivity contribution in [1.29, 1.82) is 0 Å². The smallest absolute Gasteiger partial charge is 0.188 e. The Morgan fingerprint density at radius 1 is 1.42 bits per heavy atom. The number of halogens is 2. The molecule has 0 bridgehead atoms. The number of nitrogens with one attached hydrogen (secondary N) is 1. The molecule has 3 nitrogen and oxygen atoms in total. The van der Waals surface area contributed by atoms with Gasteiger partial charge in [-0.2, -0.15) is 0 Å². The summed E-state index contributed by atoms with van der Waals surface area (Å²) in [5.74, 6) is -0.773. The number of unbranched alkanes of at least 4 members (excludes halogenated alkanes) is 1. The standard InChI is InChI=1S/C14H19F2N3/c1-2-3-7-18-14(17)19-12-8-9(12)13-10(15)5-4-6-11(13)16/h4-6,9,12H,2-3,7-8H2,1H3,(H3,17,18,19). The average molecular weight is 267 g/mol. The number of rotatable bonds is 5. The molecule has 2 unspecified atom stereocenters. The minimum atomic E-state index is -0.490. The Labute approximate surface area is 111 Å². The highest BCUT2D eigenvalue weighted by Gasteiger charge is 2.42. The largest absolute Gasteiger partial charge is 0.370 e. The van der Waals surface area contributed by atoms with Crippen LogP contribution in [0.2, 0.25) is 0 Å². The van der Waals surface area contributed by atoms with Crippen LogP contribution in [0, 0.1) is 11.6 Å². The van der Waals surface area contributed by atoms with Crippen molar-refractivity contribution in [2.45, 2.75) is 38.1 Å². The highest BCUT2D eigenvalue weighted by molar-refractivity contribution is 5.78. The van der Waals surface area contributed by atoms with Crippen LogP contribution in [0.3, 0.4) is 0 Å². The topological polar surface area (TPSA) is 50.4 Å². The van der Waals surface area contributed by atoms with Crippen molar-refractivity contribution in [1.82, 2.24) is 5.32 Å². The molecule has 1 aliphatic carbocycles. The summed E-state index contributed by atoms with van der Waals surface area (Å²) >= 11 is 0. The third-order valence-electron chi connectivity index (χ3n) is 3.29. The minimum Gasteiger partial charge on any atom is -0.370 e. The van der Waals surface area contributed by atoms with E-state index in [-0.39, 0.29) is 17.5 Å². The molecule has 0 aromatic heterocycles. The van der Waals surface area contributed by atoms with Gasteiger partial charge in [0.25, 0.3) is 0 Å². The van der Waals surface area contributed by atoms with E-state index in [1.807, 2.05) is 0 Å². The van der Waals surface area contributed by atoms with Crippen molar-refractivity contribution in [2.75, 3.05) is 6.54 Å². The molecule has 2 rings (SSSR count). The van der Waals surface area contributed by atoms with Gasteiger partial charge >= 0.3 is 0 Å². The summed E-state index contributed by atoms with van der Waals surface area (Å²) in [6, 6.07) is 3.93. The molecule has 0 saturated heterocycles. The molecule has 1 aromatic carbocycles. The van der Waals surface area contributed by atoms with Crippen molar-refractivity contribution in [3.63, 3.8) is 0 Å². The zero-order valence-corrected chi connectivity index (χ0v) is 11.0. The second kappa shape index (κ2) is 5.99. The number of guanidine groups is 1. The molecule has 1 aromatic rings. The first-order chi connectivity index (χ1) is 9.13. The Hall–Kier alpha value is -1.65. The van der Waals surface area contributed by atoms with Crippen molar-refractivity contribution in [3.8, 4) is 0 Å². The zero-order valence-electron chi connectivity index (χ0n) is 11.0. The molecule has 1 aliphatic rings. The molecular weight excluding hydrogens is 248 g/mol. The van der Waals surface area contributed by atoms with E-state index in [1.54, 1.807) is 0 Å². The molecule has 3 N–H and O–H groups in total. The van der Waals surface area contributed by atoms with E-state index in [9.17, 15) is 8.78 Å². The van der Waals surface area contributed by atoms with E-state index in [0.29, 0.717) is 18.9 Å². The summed E-state index contributed by atoms with van der Waals surface area (Å²) < 4.78 is 27.1. The Bertz CT molecular complexity index is 454. The molecule has 2 atom stereocenters. The highest BCUT2D eigenvalue weighted by Crippen LogP contribution is 2.42. The molecule has 104 valence electrons. The molecule has 0 spiro atoms. The summed E-state index contributed by atoms with van der Waals surface area (Å²) in [7, 11) is 0. The molecule has 0 aliphatic heterocycles. The van der Waals surface area contributed by atoms with Crippen molar-refractivity contribution >= 4 is 5.96 Å². The molecular formula is C14H19F2N3. The van der Waals surface area contributed by atoms with Crippen LogP contribution in [0.4, 0.5) is 8.78 Å². The van der Waals surface area contributed by atoms with Crippen molar-refractivity contribution in [3.05, 3.63) is 35.4 Å². The molecule has 19 heavy (non-hydrogen) atoms. The normalized spacial score (nSPS) is 22.4. The molecule has 0 amide bonds.